The molecule has 0 spiro atoms. The van der Waals surface area contributed by atoms with E-state index >= 15 is 0 Å². The normalized spacial score (nSPS) is 11.5. The fourth-order valence-electron chi connectivity index (χ4n) is 1.78. The second-order valence-electron chi connectivity index (χ2n) is 4.19. The van der Waals surface area contributed by atoms with Gasteiger partial charge in [0.15, 0.2) is 0 Å². The highest BCUT2D eigenvalue weighted by atomic mass is 32.1. The van der Waals surface area contributed by atoms with Gasteiger partial charge in [-0.1, -0.05) is 31.3 Å². The molecule has 0 atom stereocenters. The van der Waals surface area contributed by atoms with E-state index in [0.717, 1.165) is 10.2 Å². The maximum absolute atomic E-state index is 11.7. The molecule has 0 saturated heterocycles. The molecule has 0 aliphatic heterocycles. The van der Waals surface area contributed by atoms with Crippen LogP contribution in [0.25, 0.3) is 10.2 Å². The summed E-state index contributed by atoms with van der Waals surface area (Å²) < 4.78 is 2.81. The molecule has 2 aromatic rings. The van der Waals surface area contributed by atoms with Crippen LogP contribution >= 0.6 is 11.3 Å². The molecular weight excluding hydrogens is 220 g/mol. The van der Waals surface area contributed by atoms with Gasteiger partial charge in [0.1, 0.15) is 0 Å². The van der Waals surface area contributed by atoms with Gasteiger partial charge in [-0.3, -0.25) is 9.36 Å². The average molecular weight is 236 g/mol. The molecule has 0 saturated carbocycles. The maximum atomic E-state index is 11.7. The molecule has 1 heterocycles. The lowest BCUT2D eigenvalue weighted by Crippen LogP contribution is -2.18. The molecule has 0 bridgehead atoms. The zero-order valence-corrected chi connectivity index (χ0v) is 10.4. The first-order chi connectivity index (χ1) is 7.63. The average Bonchev–Trinajstić information content (AvgIpc) is 2.55. The van der Waals surface area contributed by atoms with Gasteiger partial charge >= 0.3 is 4.87 Å². The van der Waals surface area contributed by atoms with E-state index in [2.05, 4.69) is 26.0 Å². The summed E-state index contributed by atoms with van der Waals surface area (Å²) in [4.78, 5) is 11.8. The lowest BCUT2D eigenvalue weighted by molar-refractivity contribution is 0.721. The van der Waals surface area contributed by atoms with Gasteiger partial charge in [-0.05, 0) is 23.6 Å². The fraction of sp³-hybridized carbons (Fsp3) is 0.417. The minimum absolute atomic E-state index is 0.0846. The molecule has 86 valence electrons. The van der Waals surface area contributed by atoms with E-state index in [1.54, 1.807) is 4.57 Å². The summed E-state index contributed by atoms with van der Waals surface area (Å²) in [6.45, 7) is 5.40. The number of rotatable bonds is 3. The summed E-state index contributed by atoms with van der Waals surface area (Å²) >= 11 is 1.30. The molecule has 16 heavy (non-hydrogen) atoms. The van der Waals surface area contributed by atoms with Crippen molar-refractivity contribution in [3.05, 3.63) is 33.4 Å². The second kappa shape index (κ2) is 4.39. The molecule has 0 aliphatic rings. The molecule has 0 unspecified atom stereocenters. The van der Waals surface area contributed by atoms with Gasteiger partial charge < -0.3 is 5.73 Å². The summed E-state index contributed by atoms with van der Waals surface area (Å²) in [5.74, 6) is 0.490. The van der Waals surface area contributed by atoms with E-state index in [1.165, 1.54) is 16.9 Å². The van der Waals surface area contributed by atoms with Crippen molar-refractivity contribution in [1.29, 1.82) is 0 Å². The number of aromatic nitrogens is 1. The molecule has 0 radical (unpaired) electrons. The van der Waals surface area contributed by atoms with Gasteiger partial charge in [0, 0.05) is 13.1 Å². The minimum Gasteiger partial charge on any atom is -0.329 e. The third kappa shape index (κ3) is 1.90. The molecule has 2 N–H and O–H groups in total. The van der Waals surface area contributed by atoms with E-state index in [0.29, 0.717) is 19.0 Å². The molecule has 0 aliphatic carbocycles. The predicted octanol–water partition coefficient (Wildman–Crippen LogP) is 2.15. The van der Waals surface area contributed by atoms with Gasteiger partial charge in [-0.2, -0.15) is 0 Å². The topological polar surface area (TPSA) is 48.0 Å². The van der Waals surface area contributed by atoms with Crippen molar-refractivity contribution in [1.82, 2.24) is 4.57 Å². The van der Waals surface area contributed by atoms with Crippen molar-refractivity contribution >= 4 is 21.6 Å². The zero-order chi connectivity index (χ0) is 11.7. The second-order valence-corrected chi connectivity index (χ2v) is 5.18. The van der Waals surface area contributed by atoms with Gasteiger partial charge in [0.25, 0.3) is 0 Å². The molecule has 0 fully saturated rings. The van der Waals surface area contributed by atoms with Gasteiger partial charge in [0.2, 0.25) is 0 Å². The highest BCUT2D eigenvalue weighted by Gasteiger charge is 2.08. The number of thiazole rings is 1. The van der Waals surface area contributed by atoms with Crippen molar-refractivity contribution in [3.8, 4) is 0 Å². The number of hydrogen-bond acceptors (Lipinski definition) is 3. The smallest absolute Gasteiger partial charge is 0.308 e. The Morgan fingerprint density at radius 3 is 2.81 bits per heavy atom. The Hall–Kier alpha value is -1.13. The first kappa shape index (κ1) is 11.4. The summed E-state index contributed by atoms with van der Waals surface area (Å²) in [5, 5.41) is 0. The van der Waals surface area contributed by atoms with E-state index in [-0.39, 0.29) is 4.87 Å². The molecule has 1 aromatic heterocycles. The minimum atomic E-state index is 0.0846. The zero-order valence-electron chi connectivity index (χ0n) is 9.56. The van der Waals surface area contributed by atoms with Crippen LogP contribution in [-0.4, -0.2) is 11.1 Å². The van der Waals surface area contributed by atoms with Crippen LogP contribution in [0.15, 0.2) is 23.0 Å². The van der Waals surface area contributed by atoms with Crippen LogP contribution in [0, 0.1) is 0 Å². The molecule has 3 nitrogen and oxygen atoms in total. The number of nitrogens with zero attached hydrogens (tertiary/aromatic N) is 1. The number of hydrogen-bond donors (Lipinski definition) is 1. The summed E-state index contributed by atoms with van der Waals surface area (Å²) in [7, 11) is 0. The quantitative estimate of drug-likeness (QED) is 0.887. The SMILES string of the molecule is CC(C)c1ccc2c(c1)sc(=O)n2CCN. The predicted molar refractivity (Wildman–Crippen MR) is 69.2 cm³/mol. The van der Waals surface area contributed by atoms with E-state index in [1.807, 2.05) is 6.07 Å². The largest absolute Gasteiger partial charge is 0.329 e. The first-order valence-electron chi connectivity index (χ1n) is 5.47. The Labute approximate surface area is 98.5 Å². The Bertz CT molecular complexity index is 554. The van der Waals surface area contributed by atoms with Crippen LogP contribution in [0.2, 0.25) is 0 Å². The summed E-state index contributed by atoms with van der Waals surface area (Å²) in [5.41, 5.74) is 7.78. The number of benzene rings is 1. The third-order valence-electron chi connectivity index (χ3n) is 2.71. The molecule has 1 aromatic carbocycles. The first-order valence-corrected chi connectivity index (χ1v) is 6.28. The van der Waals surface area contributed by atoms with Gasteiger partial charge in [-0.25, -0.2) is 0 Å². The van der Waals surface area contributed by atoms with Crippen molar-refractivity contribution in [3.63, 3.8) is 0 Å². The van der Waals surface area contributed by atoms with Crippen LogP contribution in [0.4, 0.5) is 0 Å². The third-order valence-corrected chi connectivity index (χ3v) is 3.65. The van der Waals surface area contributed by atoms with Crippen molar-refractivity contribution < 1.29 is 0 Å². The highest BCUT2D eigenvalue weighted by Crippen LogP contribution is 2.23. The van der Waals surface area contributed by atoms with Crippen molar-refractivity contribution in [2.24, 2.45) is 5.73 Å². The molecule has 4 heteroatoms. The highest BCUT2D eigenvalue weighted by molar-refractivity contribution is 7.16. The van der Waals surface area contributed by atoms with E-state index in [9.17, 15) is 4.79 Å². The fourth-order valence-corrected chi connectivity index (χ4v) is 2.75. The monoisotopic (exact) mass is 236 g/mol. The Balaban J connectivity index is 2.60. The lowest BCUT2D eigenvalue weighted by atomic mass is 10.0. The van der Waals surface area contributed by atoms with Crippen molar-refractivity contribution in [2.75, 3.05) is 6.54 Å². The Morgan fingerprint density at radius 2 is 2.19 bits per heavy atom. The standard InChI is InChI=1S/C12H16N2OS/c1-8(2)9-3-4-10-11(7-9)16-12(15)14(10)6-5-13/h3-4,7-8H,5-6,13H2,1-2H3. The summed E-state index contributed by atoms with van der Waals surface area (Å²) in [6, 6.07) is 6.23. The van der Waals surface area contributed by atoms with Crippen molar-refractivity contribution in [2.45, 2.75) is 26.3 Å². The molecule has 2 rings (SSSR count). The Morgan fingerprint density at radius 1 is 1.44 bits per heavy atom. The van der Waals surface area contributed by atoms with Gasteiger partial charge in [0.05, 0.1) is 10.2 Å². The van der Waals surface area contributed by atoms with Crippen LogP contribution in [0.3, 0.4) is 0 Å². The van der Waals surface area contributed by atoms with Crippen LogP contribution < -0.4 is 10.6 Å². The maximum Gasteiger partial charge on any atom is 0.308 e. The molecular formula is C12H16N2OS. The molecule has 0 amide bonds. The van der Waals surface area contributed by atoms with Crippen LogP contribution in [0.5, 0.6) is 0 Å². The van der Waals surface area contributed by atoms with Gasteiger partial charge in [-0.15, -0.1) is 0 Å². The summed E-state index contributed by atoms with van der Waals surface area (Å²) in [6.07, 6.45) is 0. The Kier molecular flexibility index (Phi) is 3.12. The number of fused-ring (bicyclic) bond motifs is 1. The van der Waals surface area contributed by atoms with E-state index < -0.39 is 0 Å². The lowest BCUT2D eigenvalue weighted by Gasteiger charge is -2.05. The van der Waals surface area contributed by atoms with Crippen LogP contribution in [0.1, 0.15) is 25.3 Å². The van der Waals surface area contributed by atoms with Crippen LogP contribution in [-0.2, 0) is 6.54 Å². The van der Waals surface area contributed by atoms with E-state index in [4.69, 9.17) is 5.73 Å². The number of nitrogens with two attached hydrogens (primary N) is 1.